The van der Waals surface area contributed by atoms with Crippen LogP contribution in [-0.2, 0) is 14.4 Å². The normalized spacial score (nSPS) is 46.1. The van der Waals surface area contributed by atoms with E-state index in [0.29, 0.717) is 32.1 Å². The van der Waals surface area contributed by atoms with Crippen molar-refractivity contribution in [2.75, 3.05) is 6.54 Å². The van der Waals surface area contributed by atoms with Gasteiger partial charge in [0, 0.05) is 18.3 Å². The molecule has 1 amide bonds. The number of carbonyl (C=O) groups excluding carboxylic acids is 3. The average Bonchev–Trinajstić information content (AvgIpc) is 2.85. The van der Waals surface area contributed by atoms with Gasteiger partial charge in [-0.25, -0.2) is 0 Å². The lowest BCUT2D eigenvalue weighted by Gasteiger charge is -2.71. The molecule has 0 aromatic carbocycles. The van der Waals surface area contributed by atoms with Crippen molar-refractivity contribution in [3.8, 4) is 6.07 Å². The number of rotatable bonds is 2. The zero-order valence-corrected chi connectivity index (χ0v) is 24.6. The average molecular weight is 561 g/mol. The van der Waals surface area contributed by atoms with Crippen molar-refractivity contribution < 1.29 is 27.6 Å². The number of fused-ring (bicyclic) bond motifs is 7. The molecule has 0 spiro atoms. The van der Waals surface area contributed by atoms with Crippen LogP contribution in [0.25, 0.3) is 0 Å². The van der Waals surface area contributed by atoms with Gasteiger partial charge in [-0.2, -0.15) is 18.4 Å². The van der Waals surface area contributed by atoms with E-state index in [2.05, 4.69) is 46.0 Å². The van der Waals surface area contributed by atoms with Crippen LogP contribution in [0.1, 0.15) is 92.9 Å². The van der Waals surface area contributed by atoms with Crippen LogP contribution in [0, 0.1) is 68.0 Å². The lowest BCUT2D eigenvalue weighted by atomic mass is 9.32. The number of nitrogens with one attached hydrogen (secondary N) is 1. The van der Waals surface area contributed by atoms with Gasteiger partial charge >= 0.3 is 6.18 Å². The predicted octanol–water partition coefficient (Wildman–Crippen LogP) is 6.57. The minimum atomic E-state index is -4.50. The molecule has 5 rings (SSSR count). The third-order valence-electron chi connectivity index (χ3n) is 13.0. The third-order valence-corrected chi connectivity index (χ3v) is 13.0. The third kappa shape index (κ3) is 3.96. The molecule has 0 aromatic rings. The van der Waals surface area contributed by atoms with E-state index in [1.54, 1.807) is 0 Å². The van der Waals surface area contributed by atoms with Gasteiger partial charge in [0.15, 0.2) is 5.78 Å². The summed E-state index contributed by atoms with van der Waals surface area (Å²) < 4.78 is 39.4. The lowest BCUT2D eigenvalue weighted by molar-refractivity contribution is -0.219. The molecule has 5 nitrogen and oxygen atoms in total. The van der Waals surface area contributed by atoms with E-state index >= 15 is 0 Å². The van der Waals surface area contributed by atoms with Crippen molar-refractivity contribution in [2.45, 2.75) is 99.1 Å². The highest BCUT2D eigenvalue weighted by atomic mass is 19.4. The molecule has 9 atom stereocenters. The molecule has 0 saturated heterocycles. The molecular weight excluding hydrogens is 517 g/mol. The molecule has 1 N–H and O–H groups in total. The molecule has 5 aliphatic rings. The van der Waals surface area contributed by atoms with Crippen molar-refractivity contribution in [2.24, 2.45) is 56.7 Å². The smallest absolute Gasteiger partial charge is 0.346 e. The first-order chi connectivity index (χ1) is 18.4. The first-order valence-electron chi connectivity index (χ1n) is 14.9. The number of ketones is 2. The van der Waals surface area contributed by atoms with Gasteiger partial charge in [0.05, 0.1) is 11.0 Å². The van der Waals surface area contributed by atoms with Gasteiger partial charge in [0.1, 0.15) is 18.4 Å². The summed E-state index contributed by atoms with van der Waals surface area (Å²) in [4.78, 5) is 41.0. The molecule has 8 heteroatoms. The van der Waals surface area contributed by atoms with Crippen molar-refractivity contribution in [3.63, 3.8) is 0 Å². The second-order valence-corrected chi connectivity index (χ2v) is 15.3. The number of hydrogen-bond donors (Lipinski definition) is 1. The summed E-state index contributed by atoms with van der Waals surface area (Å²) in [7, 11) is 0. The fraction of sp³-hybridized carbons (Fsp3) is 0.812. The van der Waals surface area contributed by atoms with Crippen LogP contribution in [0.15, 0.2) is 11.6 Å². The molecule has 5 aliphatic carbocycles. The number of allylic oxidation sites excluding steroid dienone is 2. The van der Waals surface area contributed by atoms with Crippen LogP contribution < -0.4 is 5.32 Å². The highest BCUT2D eigenvalue weighted by Gasteiger charge is 2.72. The SMILES string of the molecule is C[C@@H]1C(=O)C(C#N)=C[C@@]2(C)C1CC[C@]1(C)C2CC(=O)C2C3CC(C)(C)CC[C@]3(C(=O)NCC(F)(F)F)CC[C@]21C. The van der Waals surface area contributed by atoms with Gasteiger partial charge in [-0.1, -0.05) is 47.6 Å². The first kappa shape index (κ1) is 29.3. The van der Waals surface area contributed by atoms with Crippen LogP contribution in [0.4, 0.5) is 13.2 Å². The number of amides is 1. The Balaban J connectivity index is 1.58. The Morgan fingerprint density at radius 2 is 1.68 bits per heavy atom. The largest absolute Gasteiger partial charge is 0.405 e. The summed E-state index contributed by atoms with van der Waals surface area (Å²) in [5.41, 5.74) is -2.14. The van der Waals surface area contributed by atoms with Gasteiger partial charge in [-0.05, 0) is 84.4 Å². The van der Waals surface area contributed by atoms with Crippen LogP contribution in [0.3, 0.4) is 0 Å². The second kappa shape index (κ2) is 8.91. The van der Waals surface area contributed by atoms with E-state index in [-0.39, 0.29) is 51.6 Å². The standard InChI is InChI=1S/C32H43F3N2O3/c1-18-20-7-8-29(5)23(28(20,4)14-19(16-36)25(18)39)13-22(38)24-21-15-27(2,3)9-11-31(21,12-10-30(24,29)6)26(40)37-17-32(33,34)35/h14,18,20-21,23-24H,7-13,15,17H2,1-6H3,(H,37,40)/t18-,20?,21?,23?,24?,28-,29+,30+,31-/m0/s1. The molecule has 0 heterocycles. The molecular formula is C32H43F3N2O3. The Labute approximate surface area is 235 Å². The summed E-state index contributed by atoms with van der Waals surface area (Å²) in [5.74, 6) is -1.61. The van der Waals surface area contributed by atoms with Crippen molar-refractivity contribution in [1.29, 1.82) is 5.26 Å². The van der Waals surface area contributed by atoms with E-state index < -0.39 is 40.8 Å². The lowest BCUT2D eigenvalue weighted by Crippen LogP contribution is -2.69. The van der Waals surface area contributed by atoms with Crippen molar-refractivity contribution >= 4 is 17.5 Å². The van der Waals surface area contributed by atoms with Crippen LogP contribution >= 0.6 is 0 Å². The van der Waals surface area contributed by atoms with Gasteiger partial charge < -0.3 is 5.32 Å². The molecule has 4 unspecified atom stereocenters. The Bertz CT molecular complexity index is 1220. The number of halogens is 3. The predicted molar refractivity (Wildman–Crippen MR) is 143 cm³/mol. The number of nitriles is 1. The highest BCUT2D eigenvalue weighted by Crippen LogP contribution is 2.75. The van der Waals surface area contributed by atoms with E-state index in [1.807, 2.05) is 13.0 Å². The topological polar surface area (TPSA) is 87.0 Å². The minimum absolute atomic E-state index is 0.0487. The monoisotopic (exact) mass is 560 g/mol. The zero-order valence-electron chi connectivity index (χ0n) is 24.6. The fourth-order valence-electron chi connectivity index (χ4n) is 10.7. The maximum atomic E-state index is 14.4. The minimum Gasteiger partial charge on any atom is -0.346 e. The summed E-state index contributed by atoms with van der Waals surface area (Å²) in [5, 5.41) is 12.0. The molecule has 40 heavy (non-hydrogen) atoms. The summed E-state index contributed by atoms with van der Waals surface area (Å²) in [6.07, 6.45) is 2.23. The summed E-state index contributed by atoms with van der Waals surface area (Å²) in [6, 6.07) is 2.12. The zero-order chi connectivity index (χ0) is 29.7. The number of Topliss-reactive ketones (excluding diaryl/α,β-unsaturated/α-hetero) is 2. The molecule has 220 valence electrons. The molecule has 4 fully saturated rings. The number of hydrogen-bond acceptors (Lipinski definition) is 4. The first-order valence-corrected chi connectivity index (χ1v) is 14.9. The number of nitrogens with zero attached hydrogens (tertiary/aromatic N) is 1. The van der Waals surface area contributed by atoms with E-state index in [4.69, 9.17) is 0 Å². The van der Waals surface area contributed by atoms with Crippen LogP contribution in [-0.4, -0.2) is 30.2 Å². The molecule has 4 saturated carbocycles. The van der Waals surface area contributed by atoms with Crippen LogP contribution in [0.2, 0.25) is 0 Å². The molecule has 0 aromatic heterocycles. The Hall–Kier alpha value is -2.17. The van der Waals surface area contributed by atoms with Crippen LogP contribution in [0.5, 0.6) is 0 Å². The summed E-state index contributed by atoms with van der Waals surface area (Å²) >= 11 is 0. The van der Waals surface area contributed by atoms with Gasteiger partial charge in [0.25, 0.3) is 0 Å². The summed E-state index contributed by atoms with van der Waals surface area (Å²) in [6.45, 7) is 11.4. The maximum absolute atomic E-state index is 14.4. The van der Waals surface area contributed by atoms with Crippen molar-refractivity contribution in [1.82, 2.24) is 5.32 Å². The fourth-order valence-corrected chi connectivity index (χ4v) is 10.7. The Morgan fingerprint density at radius 1 is 1.02 bits per heavy atom. The van der Waals surface area contributed by atoms with Crippen molar-refractivity contribution in [3.05, 3.63) is 11.6 Å². The van der Waals surface area contributed by atoms with E-state index in [9.17, 15) is 32.8 Å². The van der Waals surface area contributed by atoms with E-state index in [0.717, 1.165) is 19.3 Å². The van der Waals surface area contributed by atoms with Gasteiger partial charge in [-0.15, -0.1) is 0 Å². The number of carbonyl (C=O) groups is 3. The maximum Gasteiger partial charge on any atom is 0.405 e. The molecule has 0 aliphatic heterocycles. The van der Waals surface area contributed by atoms with E-state index in [1.165, 1.54) is 0 Å². The Morgan fingerprint density at radius 3 is 2.30 bits per heavy atom. The number of alkyl halides is 3. The van der Waals surface area contributed by atoms with Gasteiger partial charge in [0.2, 0.25) is 5.91 Å². The Kier molecular flexibility index (Phi) is 6.54. The quantitative estimate of drug-likeness (QED) is 0.414. The highest BCUT2D eigenvalue weighted by molar-refractivity contribution is 6.02. The molecule has 0 bridgehead atoms. The molecule has 0 radical (unpaired) electrons. The second-order valence-electron chi connectivity index (χ2n) is 15.3. The van der Waals surface area contributed by atoms with Gasteiger partial charge in [-0.3, -0.25) is 14.4 Å².